The fraction of sp³-hybridized carbons (Fsp3) is 0.375. The first kappa shape index (κ1) is 10.8. The molecule has 0 aliphatic heterocycles. The van der Waals surface area contributed by atoms with E-state index in [9.17, 15) is 0 Å². The Labute approximate surface area is 91.8 Å². The number of nitrogens with zero attached hydrogens (tertiary/aromatic N) is 2. The molecule has 0 fully saturated rings. The standard InChI is InChI=1S/C8H10Cl2N2S/c1-3-12(2)11-4-6-5-13-8(10)7(6)9/h4-5H,3H2,1-2H3/b11-4+. The second kappa shape index (κ2) is 4.84. The Balaban J connectivity index is 2.74. The normalized spacial score (nSPS) is 11.1. The van der Waals surface area contributed by atoms with Crippen LogP contribution in [0.3, 0.4) is 0 Å². The predicted octanol–water partition coefficient (Wildman–Crippen LogP) is 3.34. The van der Waals surface area contributed by atoms with E-state index in [1.807, 2.05) is 24.4 Å². The molecule has 5 heteroatoms. The minimum atomic E-state index is 0.583. The van der Waals surface area contributed by atoms with Crippen LogP contribution in [-0.4, -0.2) is 24.8 Å². The third-order valence-electron chi connectivity index (χ3n) is 1.57. The van der Waals surface area contributed by atoms with Gasteiger partial charge in [0.05, 0.1) is 11.2 Å². The summed E-state index contributed by atoms with van der Waals surface area (Å²) in [6.45, 7) is 2.89. The molecule has 0 radical (unpaired) electrons. The highest BCUT2D eigenvalue weighted by atomic mass is 35.5. The smallest absolute Gasteiger partial charge is 0.112 e. The molecule has 0 aliphatic carbocycles. The molecule has 2 nitrogen and oxygen atoms in total. The average Bonchev–Trinajstić information content (AvgIpc) is 2.44. The molecule has 0 saturated carbocycles. The number of halogens is 2. The first-order valence-corrected chi connectivity index (χ1v) is 5.46. The molecular weight excluding hydrogens is 227 g/mol. The summed E-state index contributed by atoms with van der Waals surface area (Å²) in [6.07, 6.45) is 1.72. The van der Waals surface area contributed by atoms with Crippen LogP contribution >= 0.6 is 34.5 Å². The lowest BCUT2D eigenvalue weighted by molar-refractivity contribution is 0.377. The van der Waals surface area contributed by atoms with Crippen LogP contribution in [0, 0.1) is 0 Å². The molecule has 0 aromatic carbocycles. The molecule has 0 spiro atoms. The van der Waals surface area contributed by atoms with Crippen molar-refractivity contribution in [3.63, 3.8) is 0 Å². The molecule has 0 saturated heterocycles. The maximum atomic E-state index is 5.90. The molecule has 1 aromatic rings. The van der Waals surface area contributed by atoms with E-state index in [2.05, 4.69) is 5.10 Å². The topological polar surface area (TPSA) is 15.6 Å². The summed E-state index contributed by atoms with van der Waals surface area (Å²) in [5.74, 6) is 0. The van der Waals surface area contributed by atoms with E-state index in [0.717, 1.165) is 12.1 Å². The van der Waals surface area contributed by atoms with Crippen molar-refractivity contribution in [3.05, 3.63) is 20.3 Å². The number of hydrazone groups is 1. The Morgan fingerprint density at radius 2 is 2.31 bits per heavy atom. The molecule has 0 atom stereocenters. The number of hydrogen-bond acceptors (Lipinski definition) is 3. The van der Waals surface area contributed by atoms with Crippen molar-refractivity contribution >= 4 is 40.8 Å². The zero-order valence-electron chi connectivity index (χ0n) is 7.42. The second-order valence-corrected chi connectivity index (χ2v) is 4.36. The van der Waals surface area contributed by atoms with Gasteiger partial charge in [0.15, 0.2) is 0 Å². The lowest BCUT2D eigenvalue weighted by Gasteiger charge is -2.07. The summed E-state index contributed by atoms with van der Waals surface area (Å²) < 4.78 is 0.613. The van der Waals surface area contributed by atoms with Gasteiger partial charge in [-0.1, -0.05) is 23.2 Å². The van der Waals surface area contributed by atoms with Crippen molar-refractivity contribution in [2.45, 2.75) is 6.92 Å². The van der Waals surface area contributed by atoms with Gasteiger partial charge in [0, 0.05) is 24.5 Å². The SMILES string of the molecule is CCN(C)/N=C/c1csc(Cl)c1Cl. The lowest BCUT2D eigenvalue weighted by atomic mass is 10.4. The van der Waals surface area contributed by atoms with Gasteiger partial charge in [-0.25, -0.2) is 0 Å². The highest BCUT2D eigenvalue weighted by Crippen LogP contribution is 2.31. The molecule has 1 heterocycles. The number of rotatable bonds is 3. The van der Waals surface area contributed by atoms with Crippen molar-refractivity contribution in [1.29, 1.82) is 0 Å². The minimum Gasteiger partial charge on any atom is -0.300 e. The van der Waals surface area contributed by atoms with Gasteiger partial charge in [-0.05, 0) is 6.92 Å². The van der Waals surface area contributed by atoms with Gasteiger partial charge < -0.3 is 5.01 Å². The van der Waals surface area contributed by atoms with Crippen LogP contribution in [0.15, 0.2) is 10.5 Å². The molecule has 72 valence electrons. The van der Waals surface area contributed by atoms with E-state index in [1.165, 1.54) is 11.3 Å². The van der Waals surface area contributed by atoms with Crippen LogP contribution < -0.4 is 0 Å². The Morgan fingerprint density at radius 1 is 1.62 bits per heavy atom. The summed E-state index contributed by atoms with van der Waals surface area (Å²) in [7, 11) is 1.90. The zero-order valence-corrected chi connectivity index (χ0v) is 9.75. The molecular formula is C8H10Cl2N2S. The third kappa shape index (κ3) is 2.86. The molecule has 1 aromatic heterocycles. The van der Waals surface area contributed by atoms with Gasteiger partial charge in [-0.15, -0.1) is 11.3 Å². The van der Waals surface area contributed by atoms with Crippen LogP contribution in [0.2, 0.25) is 9.36 Å². The maximum absolute atomic E-state index is 5.90. The lowest BCUT2D eigenvalue weighted by Crippen LogP contribution is -2.09. The average molecular weight is 237 g/mol. The van der Waals surface area contributed by atoms with Gasteiger partial charge in [0.25, 0.3) is 0 Å². The fourth-order valence-electron chi connectivity index (χ4n) is 0.662. The molecule has 0 bridgehead atoms. The third-order valence-corrected chi connectivity index (χ3v) is 3.42. The van der Waals surface area contributed by atoms with Crippen LogP contribution in [-0.2, 0) is 0 Å². The van der Waals surface area contributed by atoms with Crippen molar-refractivity contribution in [2.24, 2.45) is 5.10 Å². The Bertz CT molecular complexity index is 309. The van der Waals surface area contributed by atoms with Crippen LogP contribution in [0.25, 0.3) is 0 Å². The highest BCUT2D eigenvalue weighted by Gasteiger charge is 2.04. The van der Waals surface area contributed by atoms with E-state index >= 15 is 0 Å². The molecule has 0 amide bonds. The molecule has 13 heavy (non-hydrogen) atoms. The van der Waals surface area contributed by atoms with E-state index in [4.69, 9.17) is 23.2 Å². The van der Waals surface area contributed by atoms with Gasteiger partial charge in [-0.2, -0.15) is 5.10 Å². The molecule has 0 N–H and O–H groups in total. The first-order valence-electron chi connectivity index (χ1n) is 3.82. The quantitative estimate of drug-likeness (QED) is 0.581. The van der Waals surface area contributed by atoms with Gasteiger partial charge >= 0.3 is 0 Å². The molecule has 0 unspecified atom stereocenters. The van der Waals surface area contributed by atoms with Crippen molar-refractivity contribution in [3.8, 4) is 0 Å². The van der Waals surface area contributed by atoms with Gasteiger partial charge in [0.2, 0.25) is 0 Å². The van der Waals surface area contributed by atoms with E-state index in [-0.39, 0.29) is 0 Å². The zero-order chi connectivity index (χ0) is 9.84. The number of thiophene rings is 1. The Morgan fingerprint density at radius 3 is 2.77 bits per heavy atom. The largest absolute Gasteiger partial charge is 0.300 e. The summed E-state index contributed by atoms with van der Waals surface area (Å²) in [4.78, 5) is 0. The van der Waals surface area contributed by atoms with E-state index in [1.54, 1.807) is 6.21 Å². The van der Waals surface area contributed by atoms with Crippen molar-refractivity contribution in [2.75, 3.05) is 13.6 Å². The number of hydrogen-bond donors (Lipinski definition) is 0. The van der Waals surface area contributed by atoms with Crippen LogP contribution in [0.1, 0.15) is 12.5 Å². The monoisotopic (exact) mass is 236 g/mol. The van der Waals surface area contributed by atoms with E-state index in [0.29, 0.717) is 9.36 Å². The van der Waals surface area contributed by atoms with Gasteiger partial charge in [0.1, 0.15) is 4.34 Å². The van der Waals surface area contributed by atoms with Crippen molar-refractivity contribution < 1.29 is 0 Å². The molecule has 0 aliphatic rings. The summed E-state index contributed by atoms with van der Waals surface area (Å²) in [6, 6.07) is 0. The first-order chi connectivity index (χ1) is 6.15. The second-order valence-electron chi connectivity index (χ2n) is 2.50. The fourth-order valence-corrected chi connectivity index (χ4v) is 1.84. The Kier molecular flexibility index (Phi) is 4.03. The minimum absolute atomic E-state index is 0.583. The van der Waals surface area contributed by atoms with Gasteiger partial charge in [-0.3, -0.25) is 0 Å². The maximum Gasteiger partial charge on any atom is 0.112 e. The highest BCUT2D eigenvalue weighted by molar-refractivity contribution is 7.15. The Hall–Kier alpha value is -0.250. The summed E-state index contributed by atoms with van der Waals surface area (Å²) >= 11 is 13.1. The predicted molar refractivity (Wildman–Crippen MR) is 60.2 cm³/mol. The van der Waals surface area contributed by atoms with E-state index < -0.39 is 0 Å². The van der Waals surface area contributed by atoms with Crippen molar-refractivity contribution in [1.82, 2.24) is 5.01 Å². The summed E-state index contributed by atoms with van der Waals surface area (Å²) in [5, 5.41) is 8.45. The molecule has 1 rings (SSSR count). The van der Waals surface area contributed by atoms with Crippen LogP contribution in [0.5, 0.6) is 0 Å². The summed E-state index contributed by atoms with van der Waals surface area (Å²) in [5.41, 5.74) is 0.872. The van der Waals surface area contributed by atoms with Crippen LogP contribution in [0.4, 0.5) is 0 Å².